The third kappa shape index (κ3) is 3.79. The van der Waals surface area contributed by atoms with Crippen molar-refractivity contribution in [3.8, 4) is 0 Å². The molecule has 0 saturated heterocycles. The van der Waals surface area contributed by atoms with Crippen LogP contribution in [0.15, 0.2) is 45.3 Å². The van der Waals surface area contributed by atoms with Crippen molar-refractivity contribution >= 4 is 43.2 Å². The molecule has 110 valence electrons. The molecule has 0 spiro atoms. The Morgan fingerprint density at radius 2 is 1.81 bits per heavy atom. The van der Waals surface area contributed by atoms with Crippen molar-refractivity contribution in [1.82, 2.24) is 0 Å². The summed E-state index contributed by atoms with van der Waals surface area (Å²) in [5.41, 5.74) is 0.724. The maximum Gasteiger partial charge on any atom is 0.293 e. The number of hydrogen-bond acceptors (Lipinski definition) is 3. The summed E-state index contributed by atoms with van der Waals surface area (Å²) in [6.45, 7) is 1.75. The van der Waals surface area contributed by atoms with Crippen LogP contribution in [0.3, 0.4) is 0 Å². The van der Waals surface area contributed by atoms with Crippen LogP contribution < -0.4 is 5.32 Å². The lowest BCUT2D eigenvalue weighted by Crippen LogP contribution is -2.10. The van der Waals surface area contributed by atoms with E-state index < -0.39 is 11.0 Å². The molecule has 0 bridgehead atoms. The van der Waals surface area contributed by atoms with Gasteiger partial charge in [0.15, 0.2) is 0 Å². The number of hydrogen-bond donors (Lipinski definition) is 1. The van der Waals surface area contributed by atoms with Crippen LogP contribution >= 0.6 is 31.9 Å². The van der Waals surface area contributed by atoms with E-state index in [0.717, 1.165) is 0 Å². The minimum Gasteiger partial charge on any atom is -0.373 e. The molecule has 0 aliphatic carbocycles. The highest BCUT2D eigenvalue weighted by Crippen LogP contribution is 2.31. The van der Waals surface area contributed by atoms with Crippen molar-refractivity contribution in [3.63, 3.8) is 0 Å². The van der Waals surface area contributed by atoms with Crippen LogP contribution in [0, 0.1) is 15.9 Å². The molecule has 0 fully saturated rings. The van der Waals surface area contributed by atoms with Crippen LogP contribution in [0.4, 0.5) is 15.8 Å². The molecule has 21 heavy (non-hydrogen) atoms. The number of nitro benzene ring substituents is 1. The van der Waals surface area contributed by atoms with E-state index in [-0.39, 0.29) is 11.5 Å². The van der Waals surface area contributed by atoms with E-state index >= 15 is 0 Å². The Bertz CT molecular complexity index is 695. The van der Waals surface area contributed by atoms with E-state index in [4.69, 9.17) is 0 Å². The lowest BCUT2D eigenvalue weighted by atomic mass is 10.1. The average molecular weight is 418 g/mol. The van der Waals surface area contributed by atoms with Crippen molar-refractivity contribution in [2.24, 2.45) is 0 Å². The van der Waals surface area contributed by atoms with Crippen LogP contribution in [-0.4, -0.2) is 4.92 Å². The molecule has 7 heteroatoms. The average Bonchev–Trinajstić information content (AvgIpc) is 2.40. The molecule has 0 aromatic heterocycles. The Hall–Kier alpha value is -1.47. The lowest BCUT2D eigenvalue weighted by Gasteiger charge is -2.16. The van der Waals surface area contributed by atoms with Gasteiger partial charge in [0.1, 0.15) is 11.5 Å². The lowest BCUT2D eigenvalue weighted by molar-refractivity contribution is -0.384. The first-order valence-corrected chi connectivity index (χ1v) is 7.62. The van der Waals surface area contributed by atoms with Gasteiger partial charge in [0.05, 0.1) is 11.0 Å². The van der Waals surface area contributed by atoms with Gasteiger partial charge in [0.25, 0.3) is 5.69 Å². The molecule has 1 atom stereocenters. The zero-order valence-corrected chi connectivity index (χ0v) is 14.1. The number of halogens is 3. The number of benzene rings is 2. The second kappa shape index (κ2) is 6.53. The van der Waals surface area contributed by atoms with E-state index in [0.29, 0.717) is 20.2 Å². The normalized spacial score (nSPS) is 12.0. The maximum absolute atomic E-state index is 13.9. The minimum atomic E-state index is -0.474. The zero-order chi connectivity index (χ0) is 15.6. The SMILES string of the molecule is CC(Nc1ccc(Br)cc1[N+](=O)[O-])c1ccc(Br)cc1F. The summed E-state index contributed by atoms with van der Waals surface area (Å²) in [6.07, 6.45) is 0. The molecule has 0 saturated carbocycles. The molecule has 4 nitrogen and oxygen atoms in total. The van der Waals surface area contributed by atoms with Gasteiger partial charge in [-0.1, -0.05) is 37.9 Å². The number of rotatable bonds is 4. The number of nitro groups is 1. The van der Waals surface area contributed by atoms with Crippen molar-refractivity contribution in [3.05, 3.63) is 66.8 Å². The molecule has 1 unspecified atom stereocenters. The van der Waals surface area contributed by atoms with Gasteiger partial charge in [-0.05, 0) is 31.2 Å². The van der Waals surface area contributed by atoms with Gasteiger partial charge in [-0.25, -0.2) is 4.39 Å². The fourth-order valence-corrected chi connectivity index (χ4v) is 2.62. The van der Waals surface area contributed by atoms with E-state index in [2.05, 4.69) is 37.2 Å². The van der Waals surface area contributed by atoms with Crippen LogP contribution in [0.2, 0.25) is 0 Å². The first kappa shape index (κ1) is 15.9. The van der Waals surface area contributed by atoms with E-state index in [9.17, 15) is 14.5 Å². The molecule has 2 aromatic rings. The zero-order valence-electron chi connectivity index (χ0n) is 10.9. The van der Waals surface area contributed by atoms with Gasteiger partial charge in [0, 0.05) is 20.6 Å². The van der Waals surface area contributed by atoms with Crippen LogP contribution in [0.1, 0.15) is 18.5 Å². The molecule has 0 radical (unpaired) electrons. The quantitative estimate of drug-likeness (QED) is 0.532. The first-order valence-electron chi connectivity index (χ1n) is 6.04. The highest BCUT2D eigenvalue weighted by molar-refractivity contribution is 9.10. The standard InChI is InChI=1S/C14H11Br2FN2O2/c1-8(11-4-2-9(15)6-12(11)17)18-13-5-3-10(16)7-14(13)19(20)21/h2-8,18H,1H3. The molecule has 2 aromatic carbocycles. The highest BCUT2D eigenvalue weighted by atomic mass is 79.9. The highest BCUT2D eigenvalue weighted by Gasteiger charge is 2.18. The molecule has 1 N–H and O–H groups in total. The molecule has 0 aliphatic rings. The summed E-state index contributed by atoms with van der Waals surface area (Å²) < 4.78 is 15.2. The fourth-order valence-electron chi connectivity index (χ4n) is 1.94. The molecular formula is C14H11Br2FN2O2. The van der Waals surface area contributed by atoms with Gasteiger partial charge >= 0.3 is 0 Å². The Balaban J connectivity index is 2.31. The summed E-state index contributed by atoms with van der Waals surface area (Å²) in [5, 5.41) is 14.0. The monoisotopic (exact) mass is 416 g/mol. The van der Waals surface area contributed by atoms with Crippen molar-refractivity contribution in [1.29, 1.82) is 0 Å². The minimum absolute atomic E-state index is 0.0613. The molecule has 0 heterocycles. The number of nitrogens with zero attached hydrogens (tertiary/aromatic N) is 1. The topological polar surface area (TPSA) is 55.2 Å². The number of nitrogens with one attached hydrogen (secondary N) is 1. The Morgan fingerprint density at radius 1 is 1.19 bits per heavy atom. The first-order chi connectivity index (χ1) is 9.88. The molecular weight excluding hydrogens is 407 g/mol. The van der Waals surface area contributed by atoms with Gasteiger partial charge in [-0.15, -0.1) is 0 Å². The summed E-state index contributed by atoms with van der Waals surface area (Å²) in [4.78, 5) is 10.6. The van der Waals surface area contributed by atoms with E-state index in [1.807, 2.05) is 0 Å². The van der Waals surface area contributed by atoms with Crippen LogP contribution in [-0.2, 0) is 0 Å². The fraction of sp³-hybridized carbons (Fsp3) is 0.143. The molecule has 2 rings (SSSR count). The van der Waals surface area contributed by atoms with Crippen molar-refractivity contribution < 1.29 is 9.31 Å². The van der Waals surface area contributed by atoms with E-state index in [1.165, 1.54) is 12.1 Å². The Morgan fingerprint density at radius 3 is 2.43 bits per heavy atom. The second-order valence-corrected chi connectivity index (χ2v) is 6.28. The third-order valence-electron chi connectivity index (χ3n) is 2.96. The van der Waals surface area contributed by atoms with Gasteiger partial charge < -0.3 is 5.32 Å². The summed E-state index contributed by atoms with van der Waals surface area (Å²) in [6, 6.07) is 9.03. The smallest absolute Gasteiger partial charge is 0.293 e. The van der Waals surface area contributed by atoms with Crippen LogP contribution in [0.5, 0.6) is 0 Å². The van der Waals surface area contributed by atoms with Gasteiger partial charge in [-0.3, -0.25) is 10.1 Å². The second-order valence-electron chi connectivity index (χ2n) is 4.45. The predicted octanol–water partition coefficient (Wildman–Crippen LogP) is 5.43. The largest absolute Gasteiger partial charge is 0.373 e. The maximum atomic E-state index is 13.9. The molecule has 0 amide bonds. The predicted molar refractivity (Wildman–Crippen MR) is 86.9 cm³/mol. The Kier molecular flexibility index (Phi) is 4.95. The summed E-state index contributed by atoms with van der Waals surface area (Å²) >= 11 is 6.39. The molecule has 0 aliphatic heterocycles. The Labute approximate surface area is 137 Å². The number of anilines is 1. The van der Waals surface area contributed by atoms with Gasteiger partial charge in [0.2, 0.25) is 0 Å². The summed E-state index contributed by atoms with van der Waals surface area (Å²) in [5.74, 6) is -0.371. The van der Waals surface area contributed by atoms with Crippen molar-refractivity contribution in [2.75, 3.05) is 5.32 Å². The van der Waals surface area contributed by atoms with E-state index in [1.54, 1.807) is 31.2 Å². The van der Waals surface area contributed by atoms with Crippen LogP contribution in [0.25, 0.3) is 0 Å². The van der Waals surface area contributed by atoms with Gasteiger partial charge in [-0.2, -0.15) is 0 Å². The third-order valence-corrected chi connectivity index (χ3v) is 3.94. The van der Waals surface area contributed by atoms with Crippen molar-refractivity contribution in [2.45, 2.75) is 13.0 Å². The summed E-state index contributed by atoms with van der Waals surface area (Å²) in [7, 11) is 0.